The number of halogens is 2. The molecule has 1 unspecified atom stereocenters. The standard InChI is InChI=1S/C13H14F2O/c14-13(15)6-2-5-12(8-13)11-4-1-3-10(7-11)9-16/h1,3-4,7,9,12H,2,5-6,8H2. The maximum Gasteiger partial charge on any atom is 0.248 e. The second-order valence-electron chi connectivity index (χ2n) is 4.44. The van der Waals surface area contributed by atoms with Crippen LogP contribution in [0.25, 0.3) is 0 Å². The van der Waals surface area contributed by atoms with Crippen molar-refractivity contribution in [3.63, 3.8) is 0 Å². The first kappa shape index (κ1) is 11.2. The highest BCUT2D eigenvalue weighted by atomic mass is 19.3. The number of carbonyl (C=O) groups is 1. The highest BCUT2D eigenvalue weighted by molar-refractivity contribution is 5.75. The van der Waals surface area contributed by atoms with E-state index in [9.17, 15) is 13.6 Å². The average molecular weight is 224 g/mol. The Morgan fingerprint density at radius 1 is 1.38 bits per heavy atom. The zero-order chi connectivity index (χ0) is 11.6. The minimum atomic E-state index is -2.54. The smallest absolute Gasteiger partial charge is 0.248 e. The summed E-state index contributed by atoms with van der Waals surface area (Å²) in [5.41, 5.74) is 1.43. The maximum absolute atomic E-state index is 13.3. The Hall–Kier alpha value is -1.25. The molecule has 1 aromatic rings. The minimum Gasteiger partial charge on any atom is -0.298 e. The number of carbonyl (C=O) groups excluding carboxylic acids is 1. The second-order valence-corrected chi connectivity index (χ2v) is 4.44. The van der Waals surface area contributed by atoms with Crippen LogP contribution in [0.15, 0.2) is 24.3 Å². The molecular formula is C13H14F2O. The molecule has 0 amide bonds. The Morgan fingerprint density at radius 2 is 2.19 bits per heavy atom. The van der Waals surface area contributed by atoms with Crippen molar-refractivity contribution in [1.29, 1.82) is 0 Å². The molecule has 1 fully saturated rings. The number of aldehydes is 1. The maximum atomic E-state index is 13.3. The van der Waals surface area contributed by atoms with Crippen LogP contribution < -0.4 is 0 Å². The molecule has 0 heterocycles. The Bertz CT molecular complexity index is 387. The van der Waals surface area contributed by atoms with E-state index in [4.69, 9.17) is 0 Å². The fraction of sp³-hybridized carbons (Fsp3) is 0.462. The molecule has 1 aliphatic rings. The van der Waals surface area contributed by atoms with Gasteiger partial charge in [-0.25, -0.2) is 8.78 Å². The molecule has 1 atom stereocenters. The number of rotatable bonds is 2. The molecule has 0 spiro atoms. The zero-order valence-electron chi connectivity index (χ0n) is 8.96. The molecule has 0 aliphatic heterocycles. The third-order valence-electron chi connectivity index (χ3n) is 3.16. The average Bonchev–Trinajstić information content (AvgIpc) is 2.28. The van der Waals surface area contributed by atoms with Crippen molar-refractivity contribution in [3.8, 4) is 0 Å². The first-order chi connectivity index (χ1) is 7.61. The van der Waals surface area contributed by atoms with Crippen molar-refractivity contribution in [1.82, 2.24) is 0 Å². The van der Waals surface area contributed by atoms with Crippen LogP contribution in [0, 0.1) is 0 Å². The van der Waals surface area contributed by atoms with Gasteiger partial charge in [-0.2, -0.15) is 0 Å². The van der Waals surface area contributed by atoms with Gasteiger partial charge in [-0.1, -0.05) is 18.2 Å². The van der Waals surface area contributed by atoms with E-state index in [2.05, 4.69) is 0 Å². The van der Waals surface area contributed by atoms with E-state index in [0.717, 1.165) is 18.3 Å². The van der Waals surface area contributed by atoms with Crippen molar-refractivity contribution in [2.75, 3.05) is 0 Å². The van der Waals surface area contributed by atoms with Gasteiger partial charge in [0.2, 0.25) is 5.92 Å². The first-order valence-electron chi connectivity index (χ1n) is 5.54. The normalized spacial score (nSPS) is 24.0. The van der Waals surface area contributed by atoms with Crippen LogP contribution >= 0.6 is 0 Å². The van der Waals surface area contributed by atoms with Gasteiger partial charge >= 0.3 is 0 Å². The number of alkyl halides is 2. The molecule has 1 nitrogen and oxygen atoms in total. The summed E-state index contributed by atoms with van der Waals surface area (Å²) in [7, 11) is 0. The summed E-state index contributed by atoms with van der Waals surface area (Å²) in [6, 6.07) is 7.00. The molecule has 0 saturated heterocycles. The van der Waals surface area contributed by atoms with Gasteiger partial charge in [0.1, 0.15) is 6.29 Å². The molecule has 0 aromatic heterocycles. The molecular weight excluding hydrogens is 210 g/mol. The third kappa shape index (κ3) is 2.46. The lowest BCUT2D eigenvalue weighted by Crippen LogP contribution is -2.24. The zero-order valence-corrected chi connectivity index (χ0v) is 8.96. The van der Waals surface area contributed by atoms with Crippen molar-refractivity contribution in [3.05, 3.63) is 35.4 Å². The van der Waals surface area contributed by atoms with E-state index < -0.39 is 5.92 Å². The van der Waals surface area contributed by atoms with E-state index in [1.165, 1.54) is 0 Å². The van der Waals surface area contributed by atoms with Gasteiger partial charge in [-0.3, -0.25) is 4.79 Å². The monoisotopic (exact) mass is 224 g/mol. The summed E-state index contributed by atoms with van der Waals surface area (Å²) in [6.07, 6.45) is 2.01. The molecule has 0 radical (unpaired) electrons. The summed E-state index contributed by atoms with van der Waals surface area (Å²) in [5, 5.41) is 0. The lowest BCUT2D eigenvalue weighted by molar-refractivity contribution is -0.0408. The lowest BCUT2D eigenvalue weighted by Gasteiger charge is -2.29. The molecule has 16 heavy (non-hydrogen) atoms. The first-order valence-corrected chi connectivity index (χ1v) is 5.54. The minimum absolute atomic E-state index is 0.00310. The van der Waals surface area contributed by atoms with E-state index in [0.29, 0.717) is 12.0 Å². The van der Waals surface area contributed by atoms with Crippen LogP contribution in [-0.2, 0) is 0 Å². The molecule has 1 saturated carbocycles. The van der Waals surface area contributed by atoms with Crippen molar-refractivity contribution < 1.29 is 13.6 Å². The summed E-state index contributed by atoms with van der Waals surface area (Å²) in [4.78, 5) is 10.6. The molecule has 1 aromatic carbocycles. The SMILES string of the molecule is O=Cc1cccc(C2CCCC(F)(F)C2)c1. The van der Waals surface area contributed by atoms with Gasteiger partial charge < -0.3 is 0 Å². The number of benzene rings is 1. The fourth-order valence-corrected chi connectivity index (χ4v) is 2.34. The quantitative estimate of drug-likeness (QED) is 0.698. The van der Waals surface area contributed by atoms with Gasteiger partial charge in [0.15, 0.2) is 0 Å². The molecule has 0 bridgehead atoms. The molecule has 2 rings (SSSR count). The summed E-state index contributed by atoms with van der Waals surface area (Å²) in [6.45, 7) is 0. The van der Waals surface area contributed by atoms with Crippen LogP contribution in [-0.4, -0.2) is 12.2 Å². The van der Waals surface area contributed by atoms with Crippen molar-refractivity contribution >= 4 is 6.29 Å². The summed E-state index contributed by atoms with van der Waals surface area (Å²) in [5.74, 6) is -2.65. The molecule has 1 aliphatic carbocycles. The topological polar surface area (TPSA) is 17.1 Å². The second kappa shape index (κ2) is 4.32. The third-order valence-corrected chi connectivity index (χ3v) is 3.16. The van der Waals surface area contributed by atoms with E-state index in [1.807, 2.05) is 6.07 Å². The Labute approximate surface area is 93.5 Å². The fourth-order valence-electron chi connectivity index (χ4n) is 2.34. The van der Waals surface area contributed by atoms with Crippen LogP contribution in [0.4, 0.5) is 8.78 Å². The summed E-state index contributed by atoms with van der Waals surface area (Å²) < 4.78 is 26.5. The summed E-state index contributed by atoms with van der Waals surface area (Å²) >= 11 is 0. The molecule has 3 heteroatoms. The van der Waals surface area contributed by atoms with Crippen molar-refractivity contribution in [2.45, 2.75) is 37.5 Å². The van der Waals surface area contributed by atoms with E-state index in [1.54, 1.807) is 18.2 Å². The van der Waals surface area contributed by atoms with Crippen LogP contribution in [0.5, 0.6) is 0 Å². The van der Waals surface area contributed by atoms with Crippen LogP contribution in [0.3, 0.4) is 0 Å². The predicted molar refractivity (Wildman–Crippen MR) is 58.0 cm³/mol. The number of hydrogen-bond acceptors (Lipinski definition) is 1. The lowest BCUT2D eigenvalue weighted by atomic mass is 9.81. The number of hydrogen-bond donors (Lipinski definition) is 0. The predicted octanol–water partition coefficient (Wildman–Crippen LogP) is 3.79. The highest BCUT2D eigenvalue weighted by Crippen LogP contribution is 2.41. The highest BCUT2D eigenvalue weighted by Gasteiger charge is 2.36. The van der Waals surface area contributed by atoms with Gasteiger partial charge in [-0.15, -0.1) is 0 Å². The Morgan fingerprint density at radius 3 is 2.88 bits per heavy atom. The Balaban J connectivity index is 2.20. The molecule has 0 N–H and O–H groups in total. The van der Waals surface area contributed by atoms with Gasteiger partial charge in [0, 0.05) is 18.4 Å². The van der Waals surface area contributed by atoms with E-state index >= 15 is 0 Å². The molecule has 86 valence electrons. The van der Waals surface area contributed by atoms with Gasteiger partial charge in [0.05, 0.1) is 0 Å². The van der Waals surface area contributed by atoms with Crippen LogP contribution in [0.2, 0.25) is 0 Å². The van der Waals surface area contributed by atoms with Gasteiger partial charge in [-0.05, 0) is 30.4 Å². The van der Waals surface area contributed by atoms with E-state index in [-0.39, 0.29) is 18.8 Å². The largest absolute Gasteiger partial charge is 0.298 e. The van der Waals surface area contributed by atoms with Crippen LogP contribution in [0.1, 0.15) is 47.5 Å². The van der Waals surface area contributed by atoms with Gasteiger partial charge in [0.25, 0.3) is 0 Å². The van der Waals surface area contributed by atoms with Crippen molar-refractivity contribution in [2.24, 2.45) is 0 Å². The Kier molecular flexibility index (Phi) is 3.03.